The molecule has 0 aromatic heterocycles. The van der Waals surface area contributed by atoms with Crippen molar-refractivity contribution in [3.05, 3.63) is 35.2 Å². The Labute approximate surface area is 125 Å². The number of allylic oxidation sites excluding steroid dienone is 1. The van der Waals surface area contributed by atoms with E-state index < -0.39 is 0 Å². The van der Waals surface area contributed by atoms with Crippen LogP contribution in [0, 0.1) is 0 Å². The maximum absolute atomic E-state index is 6.24. The van der Waals surface area contributed by atoms with Crippen LogP contribution in [0.15, 0.2) is 29.7 Å². The Morgan fingerprint density at radius 2 is 1.95 bits per heavy atom. The van der Waals surface area contributed by atoms with Gasteiger partial charge in [-0.1, -0.05) is 6.08 Å². The van der Waals surface area contributed by atoms with Crippen LogP contribution in [-0.4, -0.2) is 38.1 Å². The molecule has 1 saturated heterocycles. The van der Waals surface area contributed by atoms with E-state index in [0.29, 0.717) is 0 Å². The number of benzene rings is 1. The predicted octanol–water partition coefficient (Wildman–Crippen LogP) is 2.89. The second-order valence-electron chi connectivity index (χ2n) is 5.99. The van der Waals surface area contributed by atoms with Crippen molar-refractivity contribution in [1.82, 2.24) is 4.90 Å². The Morgan fingerprint density at radius 3 is 2.60 bits per heavy atom. The molecule has 3 nitrogen and oxygen atoms in total. The van der Waals surface area contributed by atoms with Gasteiger partial charge in [0.05, 0.1) is 0 Å². The highest BCUT2D eigenvalue weighted by molar-refractivity contribution is 8.03. The zero-order chi connectivity index (χ0) is 14.2. The van der Waals surface area contributed by atoms with Crippen molar-refractivity contribution in [2.24, 2.45) is 0 Å². The third kappa shape index (κ3) is 2.54. The van der Waals surface area contributed by atoms with Gasteiger partial charge in [-0.3, -0.25) is 0 Å². The fourth-order valence-corrected chi connectivity index (χ4v) is 3.95. The number of anilines is 2. The third-order valence-electron chi connectivity index (χ3n) is 4.41. The van der Waals surface area contributed by atoms with Crippen LogP contribution >= 0.6 is 11.8 Å². The van der Waals surface area contributed by atoms with E-state index in [0.717, 1.165) is 38.3 Å². The number of hydrogen-bond acceptors (Lipinski definition) is 4. The number of likely N-dealkylation sites (N-methyl/N-ethyl adjacent to an activating group) is 1. The van der Waals surface area contributed by atoms with E-state index in [2.05, 4.69) is 53.5 Å². The van der Waals surface area contributed by atoms with E-state index in [1.807, 2.05) is 11.8 Å². The highest BCUT2D eigenvalue weighted by Crippen LogP contribution is 2.47. The zero-order valence-corrected chi connectivity index (χ0v) is 13.1. The molecular weight excluding hydrogens is 266 g/mol. The van der Waals surface area contributed by atoms with Crippen molar-refractivity contribution in [3.8, 4) is 0 Å². The van der Waals surface area contributed by atoms with Crippen molar-refractivity contribution in [2.45, 2.75) is 18.1 Å². The normalized spacial score (nSPS) is 27.2. The number of hydrogen-bond donors (Lipinski definition) is 1. The Bertz CT molecular complexity index is 510. The fourth-order valence-electron chi connectivity index (χ4n) is 2.96. The summed E-state index contributed by atoms with van der Waals surface area (Å²) < 4.78 is 0.104. The summed E-state index contributed by atoms with van der Waals surface area (Å²) in [6, 6.07) is 6.55. The van der Waals surface area contributed by atoms with Gasteiger partial charge < -0.3 is 15.5 Å². The molecule has 1 unspecified atom stereocenters. The second-order valence-corrected chi connectivity index (χ2v) is 7.40. The summed E-state index contributed by atoms with van der Waals surface area (Å²) in [4.78, 5) is 4.85. The molecule has 3 rings (SSSR count). The molecule has 1 atom stereocenters. The number of thioether (sulfide) groups is 1. The van der Waals surface area contributed by atoms with Crippen LogP contribution in [-0.2, 0) is 4.75 Å². The highest BCUT2D eigenvalue weighted by Gasteiger charge is 2.31. The first-order valence-corrected chi connectivity index (χ1v) is 8.13. The number of rotatable bonds is 2. The van der Waals surface area contributed by atoms with Crippen LogP contribution in [0.3, 0.4) is 0 Å². The molecule has 2 heterocycles. The van der Waals surface area contributed by atoms with Crippen LogP contribution in [0.1, 0.15) is 18.9 Å². The van der Waals surface area contributed by atoms with Gasteiger partial charge in [-0.15, -0.1) is 11.8 Å². The van der Waals surface area contributed by atoms with Crippen LogP contribution < -0.4 is 10.6 Å². The fraction of sp³-hybridized carbons (Fsp3) is 0.500. The quantitative estimate of drug-likeness (QED) is 0.849. The van der Waals surface area contributed by atoms with E-state index in [1.54, 1.807) is 0 Å². The molecule has 2 N–H and O–H groups in total. The van der Waals surface area contributed by atoms with Gasteiger partial charge in [0.25, 0.3) is 0 Å². The summed E-state index contributed by atoms with van der Waals surface area (Å²) in [5, 5.41) is 2.20. The molecule has 108 valence electrons. The lowest BCUT2D eigenvalue weighted by molar-refractivity contribution is 0.313. The largest absolute Gasteiger partial charge is 0.398 e. The monoisotopic (exact) mass is 289 g/mol. The average molecular weight is 289 g/mol. The van der Waals surface area contributed by atoms with Crippen molar-refractivity contribution < 1.29 is 0 Å². The Balaban J connectivity index is 1.87. The lowest BCUT2D eigenvalue weighted by Crippen LogP contribution is -2.44. The molecule has 0 saturated carbocycles. The summed E-state index contributed by atoms with van der Waals surface area (Å²) in [5.74, 6) is 0. The smallest absolute Gasteiger partial charge is 0.0476 e. The van der Waals surface area contributed by atoms with Crippen molar-refractivity contribution in [2.75, 3.05) is 43.9 Å². The molecular formula is C16H23N3S. The minimum atomic E-state index is 0.104. The summed E-state index contributed by atoms with van der Waals surface area (Å²) in [6.45, 7) is 6.75. The maximum Gasteiger partial charge on any atom is 0.0476 e. The molecule has 4 heteroatoms. The van der Waals surface area contributed by atoms with E-state index in [-0.39, 0.29) is 4.75 Å². The first-order chi connectivity index (χ1) is 9.58. The van der Waals surface area contributed by atoms with Gasteiger partial charge in [0.15, 0.2) is 0 Å². The number of piperazine rings is 1. The van der Waals surface area contributed by atoms with E-state index in [9.17, 15) is 0 Å². The van der Waals surface area contributed by atoms with E-state index >= 15 is 0 Å². The Morgan fingerprint density at radius 1 is 1.20 bits per heavy atom. The minimum absolute atomic E-state index is 0.104. The SMILES string of the molecule is CN1CCN(c2ccc(N)c(C3(C)CC=CS3)c2)CC1. The molecule has 1 aromatic rings. The van der Waals surface area contributed by atoms with Gasteiger partial charge in [0.2, 0.25) is 0 Å². The first kappa shape index (κ1) is 13.8. The standard InChI is InChI=1S/C16H23N3S/c1-16(6-3-11-20-16)14-12-13(4-5-15(14)17)19-9-7-18(2)8-10-19/h3-5,11-12H,6-10,17H2,1-2H3. The van der Waals surface area contributed by atoms with Crippen LogP contribution in [0.5, 0.6) is 0 Å². The highest BCUT2D eigenvalue weighted by atomic mass is 32.2. The second kappa shape index (κ2) is 5.34. The summed E-state index contributed by atoms with van der Waals surface area (Å²) in [6.07, 6.45) is 3.31. The van der Waals surface area contributed by atoms with Gasteiger partial charge in [-0.2, -0.15) is 0 Å². The predicted molar refractivity (Wildman–Crippen MR) is 89.3 cm³/mol. The average Bonchev–Trinajstić information content (AvgIpc) is 2.88. The third-order valence-corrected chi connectivity index (χ3v) is 5.64. The van der Waals surface area contributed by atoms with Gasteiger partial charge in [0, 0.05) is 42.3 Å². The summed E-state index contributed by atoms with van der Waals surface area (Å²) in [7, 11) is 2.19. The van der Waals surface area contributed by atoms with Gasteiger partial charge in [0.1, 0.15) is 0 Å². The van der Waals surface area contributed by atoms with Gasteiger partial charge in [-0.25, -0.2) is 0 Å². The Hall–Kier alpha value is -1.13. The number of nitrogens with two attached hydrogens (primary N) is 1. The molecule has 0 spiro atoms. The molecule has 2 aliphatic heterocycles. The summed E-state index contributed by atoms with van der Waals surface area (Å²) in [5.41, 5.74) is 9.75. The van der Waals surface area contributed by atoms with E-state index in [1.165, 1.54) is 11.3 Å². The number of nitrogen functional groups attached to an aromatic ring is 1. The lowest BCUT2D eigenvalue weighted by Gasteiger charge is -2.35. The number of nitrogens with zero attached hydrogens (tertiary/aromatic N) is 2. The topological polar surface area (TPSA) is 32.5 Å². The molecule has 0 bridgehead atoms. The van der Waals surface area contributed by atoms with Crippen LogP contribution in [0.2, 0.25) is 0 Å². The summed E-state index contributed by atoms with van der Waals surface area (Å²) >= 11 is 1.88. The van der Waals surface area contributed by atoms with Crippen molar-refractivity contribution >= 4 is 23.1 Å². The molecule has 2 aliphatic rings. The van der Waals surface area contributed by atoms with Gasteiger partial charge >= 0.3 is 0 Å². The molecule has 20 heavy (non-hydrogen) atoms. The minimum Gasteiger partial charge on any atom is -0.398 e. The Kier molecular flexibility index (Phi) is 3.69. The molecule has 1 aromatic carbocycles. The van der Waals surface area contributed by atoms with Crippen LogP contribution in [0.4, 0.5) is 11.4 Å². The van der Waals surface area contributed by atoms with Crippen LogP contribution in [0.25, 0.3) is 0 Å². The maximum atomic E-state index is 6.24. The van der Waals surface area contributed by atoms with E-state index in [4.69, 9.17) is 5.73 Å². The molecule has 0 aliphatic carbocycles. The first-order valence-electron chi connectivity index (χ1n) is 7.25. The zero-order valence-electron chi connectivity index (χ0n) is 12.3. The van der Waals surface area contributed by atoms with Crippen molar-refractivity contribution in [1.29, 1.82) is 0 Å². The van der Waals surface area contributed by atoms with Crippen molar-refractivity contribution in [3.63, 3.8) is 0 Å². The molecule has 0 amide bonds. The van der Waals surface area contributed by atoms with Gasteiger partial charge in [-0.05, 0) is 49.6 Å². The molecule has 0 radical (unpaired) electrons. The molecule has 1 fully saturated rings. The lowest BCUT2D eigenvalue weighted by atomic mass is 9.94.